The van der Waals surface area contributed by atoms with E-state index in [-0.39, 0.29) is 4.90 Å². The summed E-state index contributed by atoms with van der Waals surface area (Å²) < 4.78 is 33.6. The minimum Gasteiger partial charge on any atom is -0.480 e. The second-order valence-electron chi connectivity index (χ2n) is 6.72. The smallest absolute Gasteiger partial charge is 0.324 e. The quantitative estimate of drug-likeness (QED) is 0.884. The predicted molar refractivity (Wildman–Crippen MR) is 87.4 cm³/mol. The third-order valence-electron chi connectivity index (χ3n) is 5.19. The predicted octanol–water partition coefficient (Wildman–Crippen LogP) is 2.60. The van der Waals surface area contributed by atoms with Gasteiger partial charge in [0.15, 0.2) is 0 Å². The Hall–Kier alpha value is -1.86. The van der Waals surface area contributed by atoms with Crippen molar-refractivity contribution in [2.75, 3.05) is 0 Å². The fourth-order valence-electron chi connectivity index (χ4n) is 3.90. The van der Waals surface area contributed by atoms with Crippen molar-refractivity contribution in [1.29, 1.82) is 0 Å². The molecule has 1 saturated carbocycles. The van der Waals surface area contributed by atoms with Crippen LogP contribution in [0.3, 0.4) is 0 Å². The number of furan rings is 1. The molecule has 1 aromatic heterocycles. The molecular formula is C17H19NO5S. The molecule has 128 valence electrons. The topological polar surface area (TPSA) is 96.6 Å². The zero-order valence-corrected chi connectivity index (χ0v) is 14.0. The summed E-state index contributed by atoms with van der Waals surface area (Å²) in [6.07, 6.45) is 4.95. The van der Waals surface area contributed by atoms with Crippen LogP contribution in [0.1, 0.15) is 43.4 Å². The summed E-state index contributed by atoms with van der Waals surface area (Å²) in [7, 11) is -3.92. The molecule has 0 radical (unpaired) electrons. The van der Waals surface area contributed by atoms with Gasteiger partial charge in [0, 0.05) is 23.4 Å². The average Bonchev–Trinajstić information content (AvgIpc) is 3.21. The number of aryl methyl sites for hydroxylation is 2. The van der Waals surface area contributed by atoms with Crippen LogP contribution in [-0.2, 0) is 27.7 Å². The molecule has 4 rings (SSSR count). The molecule has 0 spiro atoms. The maximum Gasteiger partial charge on any atom is 0.324 e. The molecule has 0 unspecified atom stereocenters. The molecule has 1 heterocycles. The fourth-order valence-corrected chi connectivity index (χ4v) is 5.34. The molecule has 1 fully saturated rings. The van der Waals surface area contributed by atoms with E-state index in [9.17, 15) is 18.3 Å². The first-order chi connectivity index (χ1) is 11.4. The molecule has 0 aliphatic heterocycles. The van der Waals surface area contributed by atoms with E-state index in [1.54, 1.807) is 6.07 Å². The Bertz CT molecular complexity index is 922. The highest BCUT2D eigenvalue weighted by molar-refractivity contribution is 7.89. The molecule has 0 amide bonds. The maximum absolute atomic E-state index is 12.7. The van der Waals surface area contributed by atoms with Crippen molar-refractivity contribution in [2.24, 2.45) is 0 Å². The van der Waals surface area contributed by atoms with E-state index < -0.39 is 21.5 Å². The van der Waals surface area contributed by atoms with Gasteiger partial charge in [0.05, 0.1) is 4.90 Å². The normalized spacial score (nSPS) is 19.7. The van der Waals surface area contributed by atoms with Crippen molar-refractivity contribution < 1.29 is 22.7 Å². The second kappa shape index (κ2) is 5.32. The number of benzene rings is 1. The van der Waals surface area contributed by atoms with Crippen LogP contribution >= 0.6 is 0 Å². The standard InChI is InChI=1S/C17H19NO5S/c19-16(20)17(8-1-2-9-17)18-24(21,22)11-6-7-13-12-4-3-5-14(12)23-15(13)10-11/h6-7,10,18H,1-5,8-9H2,(H,19,20). The number of aliphatic carboxylic acids is 1. The van der Waals surface area contributed by atoms with E-state index in [1.807, 2.05) is 0 Å². The fraction of sp³-hybridized carbons (Fsp3) is 0.471. The number of hydrogen-bond acceptors (Lipinski definition) is 4. The number of carbonyl (C=O) groups is 1. The lowest BCUT2D eigenvalue weighted by Crippen LogP contribution is -2.52. The zero-order valence-electron chi connectivity index (χ0n) is 13.2. The minimum absolute atomic E-state index is 0.0509. The lowest BCUT2D eigenvalue weighted by atomic mass is 10.0. The number of rotatable bonds is 4. The van der Waals surface area contributed by atoms with Gasteiger partial charge < -0.3 is 9.52 Å². The van der Waals surface area contributed by atoms with Crippen LogP contribution in [0.25, 0.3) is 11.0 Å². The Morgan fingerprint density at radius 3 is 2.62 bits per heavy atom. The molecule has 6 nitrogen and oxygen atoms in total. The third-order valence-corrected chi connectivity index (χ3v) is 6.72. The van der Waals surface area contributed by atoms with Crippen molar-refractivity contribution >= 4 is 27.0 Å². The molecule has 2 aliphatic carbocycles. The monoisotopic (exact) mass is 349 g/mol. The third kappa shape index (κ3) is 2.34. The van der Waals surface area contributed by atoms with Gasteiger partial charge in [-0.25, -0.2) is 8.42 Å². The molecular weight excluding hydrogens is 330 g/mol. The highest BCUT2D eigenvalue weighted by Gasteiger charge is 2.44. The van der Waals surface area contributed by atoms with Crippen molar-refractivity contribution in [1.82, 2.24) is 4.72 Å². The number of fused-ring (bicyclic) bond motifs is 3. The summed E-state index contributed by atoms with van der Waals surface area (Å²) in [5.74, 6) is -0.174. The summed E-state index contributed by atoms with van der Waals surface area (Å²) in [4.78, 5) is 11.6. The number of carboxylic acids is 1. The molecule has 24 heavy (non-hydrogen) atoms. The SMILES string of the molecule is O=C(O)C1(NS(=O)(=O)c2ccc3c4c(oc3c2)CCC4)CCCC1. The van der Waals surface area contributed by atoms with Gasteiger partial charge in [-0.05, 0) is 37.8 Å². The minimum atomic E-state index is -3.92. The number of hydrogen-bond donors (Lipinski definition) is 2. The first-order valence-corrected chi connectivity index (χ1v) is 9.71. The molecule has 0 saturated heterocycles. The number of carboxylic acid groups (broad SMARTS) is 1. The van der Waals surface area contributed by atoms with E-state index in [4.69, 9.17) is 4.42 Å². The summed E-state index contributed by atoms with van der Waals surface area (Å²) in [6.45, 7) is 0. The average molecular weight is 349 g/mol. The molecule has 0 atom stereocenters. The summed E-state index contributed by atoms with van der Waals surface area (Å²) >= 11 is 0. The van der Waals surface area contributed by atoms with Crippen LogP contribution in [0, 0.1) is 0 Å². The summed E-state index contributed by atoms with van der Waals surface area (Å²) in [5.41, 5.74) is 0.330. The van der Waals surface area contributed by atoms with Gasteiger partial charge in [-0.15, -0.1) is 0 Å². The number of sulfonamides is 1. The van der Waals surface area contributed by atoms with Crippen molar-refractivity contribution in [3.63, 3.8) is 0 Å². The van der Waals surface area contributed by atoms with Gasteiger partial charge in [0.1, 0.15) is 16.9 Å². The Morgan fingerprint density at radius 2 is 1.92 bits per heavy atom. The van der Waals surface area contributed by atoms with Crippen LogP contribution in [-0.4, -0.2) is 25.0 Å². The summed E-state index contributed by atoms with van der Waals surface area (Å²) in [6, 6.07) is 4.80. The summed E-state index contributed by atoms with van der Waals surface area (Å²) in [5, 5.41) is 10.4. The Kier molecular flexibility index (Phi) is 3.47. The van der Waals surface area contributed by atoms with Gasteiger partial charge >= 0.3 is 5.97 Å². The van der Waals surface area contributed by atoms with Crippen LogP contribution in [0.15, 0.2) is 27.5 Å². The van der Waals surface area contributed by atoms with E-state index in [0.717, 1.165) is 30.4 Å². The first kappa shape index (κ1) is 15.7. The van der Waals surface area contributed by atoms with Crippen molar-refractivity contribution in [2.45, 2.75) is 55.4 Å². The van der Waals surface area contributed by atoms with Crippen LogP contribution in [0.4, 0.5) is 0 Å². The van der Waals surface area contributed by atoms with Gasteiger partial charge in [0.25, 0.3) is 0 Å². The molecule has 2 N–H and O–H groups in total. The Balaban J connectivity index is 1.71. The largest absolute Gasteiger partial charge is 0.480 e. The molecule has 2 aliphatic rings. The Morgan fingerprint density at radius 1 is 1.17 bits per heavy atom. The number of nitrogens with one attached hydrogen (secondary N) is 1. The van der Waals surface area contributed by atoms with Crippen LogP contribution in [0.2, 0.25) is 0 Å². The zero-order chi connectivity index (χ0) is 16.9. The van der Waals surface area contributed by atoms with E-state index in [0.29, 0.717) is 31.3 Å². The Labute approximate surface area is 139 Å². The van der Waals surface area contributed by atoms with Crippen LogP contribution in [0.5, 0.6) is 0 Å². The highest BCUT2D eigenvalue weighted by atomic mass is 32.2. The van der Waals surface area contributed by atoms with Gasteiger partial charge in [-0.1, -0.05) is 12.8 Å². The van der Waals surface area contributed by atoms with E-state index in [2.05, 4.69) is 4.72 Å². The van der Waals surface area contributed by atoms with Crippen LogP contribution < -0.4 is 4.72 Å². The van der Waals surface area contributed by atoms with Gasteiger partial charge in [-0.2, -0.15) is 4.72 Å². The van der Waals surface area contributed by atoms with E-state index in [1.165, 1.54) is 17.7 Å². The molecule has 0 bridgehead atoms. The highest BCUT2D eigenvalue weighted by Crippen LogP contribution is 2.35. The lowest BCUT2D eigenvalue weighted by molar-refractivity contribution is -0.143. The molecule has 1 aromatic carbocycles. The van der Waals surface area contributed by atoms with Gasteiger partial charge in [-0.3, -0.25) is 4.79 Å². The second-order valence-corrected chi connectivity index (χ2v) is 8.40. The molecule has 2 aromatic rings. The first-order valence-electron chi connectivity index (χ1n) is 8.23. The maximum atomic E-state index is 12.7. The van der Waals surface area contributed by atoms with Crippen molar-refractivity contribution in [3.8, 4) is 0 Å². The van der Waals surface area contributed by atoms with Crippen molar-refractivity contribution in [3.05, 3.63) is 29.5 Å². The van der Waals surface area contributed by atoms with Gasteiger partial charge in [0.2, 0.25) is 10.0 Å². The molecule has 7 heteroatoms. The van der Waals surface area contributed by atoms with E-state index >= 15 is 0 Å². The lowest BCUT2D eigenvalue weighted by Gasteiger charge is -2.24.